The fraction of sp³-hybridized carbons (Fsp3) is 0.286. The Morgan fingerprint density at radius 2 is 2.60 bits per heavy atom. The van der Waals surface area contributed by atoms with E-state index in [1.165, 1.54) is 0 Å². The molecular formula is C7H8N2O. The molecule has 1 aromatic heterocycles. The fourth-order valence-electron chi connectivity index (χ4n) is 0.660. The summed E-state index contributed by atoms with van der Waals surface area (Å²) in [6.07, 6.45) is 7.37. The van der Waals surface area contributed by atoms with E-state index >= 15 is 0 Å². The van der Waals surface area contributed by atoms with E-state index in [1.807, 2.05) is 7.05 Å². The molecule has 1 atom stereocenters. The predicted molar refractivity (Wildman–Crippen MR) is 37.0 cm³/mol. The Balaban J connectivity index is 2.87. The van der Waals surface area contributed by atoms with Gasteiger partial charge in [0.05, 0.1) is 12.0 Å². The zero-order valence-corrected chi connectivity index (χ0v) is 5.65. The summed E-state index contributed by atoms with van der Waals surface area (Å²) in [4.78, 5) is 3.86. The third-order valence-electron chi connectivity index (χ3n) is 1.16. The van der Waals surface area contributed by atoms with Crippen LogP contribution in [0.3, 0.4) is 0 Å². The number of aliphatic hydroxyl groups is 1. The van der Waals surface area contributed by atoms with Gasteiger partial charge < -0.3 is 9.67 Å². The van der Waals surface area contributed by atoms with Crippen LogP contribution in [0.1, 0.15) is 11.8 Å². The molecule has 0 saturated heterocycles. The molecule has 3 heteroatoms. The lowest BCUT2D eigenvalue weighted by Crippen LogP contribution is -1.92. The van der Waals surface area contributed by atoms with Crippen molar-refractivity contribution >= 4 is 0 Å². The van der Waals surface area contributed by atoms with Gasteiger partial charge in [0.15, 0.2) is 6.10 Å². The van der Waals surface area contributed by atoms with E-state index < -0.39 is 6.10 Å². The first-order valence-electron chi connectivity index (χ1n) is 2.86. The number of aromatic nitrogens is 2. The molecule has 0 aromatic carbocycles. The van der Waals surface area contributed by atoms with Crippen molar-refractivity contribution in [1.82, 2.24) is 9.55 Å². The second kappa shape index (κ2) is 2.54. The maximum absolute atomic E-state index is 9.03. The van der Waals surface area contributed by atoms with Crippen LogP contribution >= 0.6 is 0 Å². The average Bonchev–Trinajstić information content (AvgIpc) is 2.34. The maximum atomic E-state index is 9.03. The van der Waals surface area contributed by atoms with Crippen molar-refractivity contribution < 1.29 is 5.11 Å². The smallest absolute Gasteiger partial charge is 0.158 e. The lowest BCUT2D eigenvalue weighted by molar-refractivity contribution is 0.234. The summed E-state index contributed by atoms with van der Waals surface area (Å²) in [6.45, 7) is 0. The van der Waals surface area contributed by atoms with E-state index in [9.17, 15) is 0 Å². The number of imidazole rings is 1. The number of nitrogens with zero attached hydrogens (tertiary/aromatic N) is 2. The second-order valence-corrected chi connectivity index (χ2v) is 2.03. The molecule has 0 aliphatic rings. The van der Waals surface area contributed by atoms with Gasteiger partial charge in [0.2, 0.25) is 0 Å². The Morgan fingerprint density at radius 3 is 3.00 bits per heavy atom. The van der Waals surface area contributed by atoms with Crippen LogP contribution in [-0.4, -0.2) is 14.7 Å². The first kappa shape index (κ1) is 6.84. The van der Waals surface area contributed by atoms with Crippen LogP contribution < -0.4 is 0 Å². The first-order chi connectivity index (χ1) is 4.74. The molecule has 0 bridgehead atoms. The molecule has 1 N–H and O–H groups in total. The highest BCUT2D eigenvalue weighted by Crippen LogP contribution is 2.06. The highest BCUT2D eigenvalue weighted by molar-refractivity contribution is 5.11. The minimum Gasteiger partial charge on any atom is -0.374 e. The van der Waals surface area contributed by atoms with Crippen molar-refractivity contribution in [2.45, 2.75) is 6.10 Å². The molecule has 0 fully saturated rings. The standard InChI is InChI=1S/C7H8N2O/c1-3-7(10)6-4-9(2)5-8-6/h1,4-5,7,10H,2H3. The molecule has 0 saturated carbocycles. The number of hydrogen-bond donors (Lipinski definition) is 1. The minimum atomic E-state index is -0.874. The Hall–Kier alpha value is -1.27. The number of hydrogen-bond acceptors (Lipinski definition) is 2. The summed E-state index contributed by atoms with van der Waals surface area (Å²) in [5.74, 6) is 2.17. The van der Waals surface area contributed by atoms with Gasteiger partial charge in [0.25, 0.3) is 0 Å². The van der Waals surface area contributed by atoms with Crippen LogP contribution in [0.25, 0.3) is 0 Å². The average molecular weight is 136 g/mol. The van der Waals surface area contributed by atoms with Gasteiger partial charge in [-0.3, -0.25) is 0 Å². The SMILES string of the molecule is C#CC(O)c1cn(C)cn1. The van der Waals surface area contributed by atoms with Gasteiger partial charge in [0, 0.05) is 13.2 Å². The highest BCUT2D eigenvalue weighted by atomic mass is 16.3. The van der Waals surface area contributed by atoms with Gasteiger partial charge in [-0.25, -0.2) is 4.98 Å². The molecule has 1 aromatic rings. The van der Waals surface area contributed by atoms with Crippen molar-refractivity contribution in [3.05, 3.63) is 18.2 Å². The van der Waals surface area contributed by atoms with Gasteiger partial charge in [-0.05, 0) is 0 Å². The van der Waals surface area contributed by atoms with Crippen molar-refractivity contribution in [3.8, 4) is 12.3 Å². The summed E-state index contributed by atoms with van der Waals surface area (Å²) < 4.78 is 1.73. The maximum Gasteiger partial charge on any atom is 0.158 e. The summed E-state index contributed by atoms with van der Waals surface area (Å²) >= 11 is 0. The lowest BCUT2D eigenvalue weighted by Gasteiger charge is -1.94. The van der Waals surface area contributed by atoms with Gasteiger partial charge in [-0.1, -0.05) is 5.92 Å². The zero-order valence-electron chi connectivity index (χ0n) is 5.65. The summed E-state index contributed by atoms with van der Waals surface area (Å²) in [5.41, 5.74) is 0.519. The molecule has 0 radical (unpaired) electrons. The molecule has 0 aliphatic carbocycles. The van der Waals surface area contributed by atoms with E-state index in [4.69, 9.17) is 11.5 Å². The summed E-state index contributed by atoms with van der Waals surface area (Å²) in [5, 5.41) is 9.03. The molecule has 1 unspecified atom stereocenters. The Bertz CT molecular complexity index is 259. The lowest BCUT2D eigenvalue weighted by atomic mass is 10.3. The van der Waals surface area contributed by atoms with Crippen molar-refractivity contribution in [3.63, 3.8) is 0 Å². The van der Waals surface area contributed by atoms with Crippen LogP contribution in [0, 0.1) is 12.3 Å². The molecule has 0 spiro atoms. The first-order valence-corrected chi connectivity index (χ1v) is 2.86. The normalized spacial score (nSPS) is 12.5. The third kappa shape index (κ3) is 1.17. The van der Waals surface area contributed by atoms with Crippen molar-refractivity contribution in [2.75, 3.05) is 0 Å². The monoisotopic (exact) mass is 136 g/mol. The van der Waals surface area contributed by atoms with E-state index in [0.29, 0.717) is 5.69 Å². The van der Waals surface area contributed by atoms with Gasteiger partial charge in [-0.2, -0.15) is 0 Å². The second-order valence-electron chi connectivity index (χ2n) is 2.03. The highest BCUT2D eigenvalue weighted by Gasteiger charge is 2.04. The van der Waals surface area contributed by atoms with E-state index in [1.54, 1.807) is 17.1 Å². The molecule has 52 valence electrons. The zero-order chi connectivity index (χ0) is 7.56. The fourth-order valence-corrected chi connectivity index (χ4v) is 0.660. The number of terminal acetylenes is 1. The molecule has 0 aliphatic heterocycles. The van der Waals surface area contributed by atoms with Crippen LogP contribution in [-0.2, 0) is 7.05 Å². The van der Waals surface area contributed by atoms with E-state index in [0.717, 1.165) is 0 Å². The van der Waals surface area contributed by atoms with Crippen LogP contribution in [0.15, 0.2) is 12.5 Å². The Labute approximate surface area is 59.3 Å². The van der Waals surface area contributed by atoms with E-state index in [-0.39, 0.29) is 0 Å². The molecule has 1 heterocycles. The quantitative estimate of drug-likeness (QED) is 0.555. The third-order valence-corrected chi connectivity index (χ3v) is 1.16. The summed E-state index contributed by atoms with van der Waals surface area (Å²) in [7, 11) is 1.82. The van der Waals surface area contributed by atoms with Gasteiger partial charge in [-0.15, -0.1) is 6.42 Å². The number of aliphatic hydroxyl groups excluding tert-OH is 1. The van der Waals surface area contributed by atoms with Gasteiger partial charge >= 0.3 is 0 Å². The Morgan fingerprint density at radius 1 is 1.90 bits per heavy atom. The minimum absolute atomic E-state index is 0.519. The molecule has 10 heavy (non-hydrogen) atoms. The van der Waals surface area contributed by atoms with Crippen molar-refractivity contribution in [1.29, 1.82) is 0 Å². The van der Waals surface area contributed by atoms with Crippen LogP contribution in [0.4, 0.5) is 0 Å². The van der Waals surface area contributed by atoms with Crippen LogP contribution in [0.5, 0.6) is 0 Å². The molecule has 1 rings (SSSR count). The predicted octanol–water partition coefficient (Wildman–Crippen LogP) is 0.0867. The molecule has 3 nitrogen and oxygen atoms in total. The molecule has 0 amide bonds. The largest absolute Gasteiger partial charge is 0.374 e. The van der Waals surface area contributed by atoms with Crippen LogP contribution in [0.2, 0.25) is 0 Å². The molecular weight excluding hydrogens is 128 g/mol. The Kier molecular flexibility index (Phi) is 1.74. The van der Waals surface area contributed by atoms with E-state index in [2.05, 4.69) is 10.9 Å². The topological polar surface area (TPSA) is 38.0 Å². The number of aryl methyl sites for hydroxylation is 1. The van der Waals surface area contributed by atoms with Crippen molar-refractivity contribution in [2.24, 2.45) is 7.05 Å². The van der Waals surface area contributed by atoms with Gasteiger partial charge in [0.1, 0.15) is 0 Å². The number of rotatable bonds is 1. The summed E-state index contributed by atoms with van der Waals surface area (Å²) in [6, 6.07) is 0.